The summed E-state index contributed by atoms with van der Waals surface area (Å²) in [6.07, 6.45) is 30.1. The SMILES string of the molecule is CCCCCCCCCCCCCCCC(=O)OC(CO)COC(=O)CCCCCCCCCCCCC. The Morgan fingerprint density at radius 3 is 1.16 bits per heavy atom. The first kappa shape index (κ1) is 36.9. The van der Waals surface area contributed by atoms with E-state index >= 15 is 0 Å². The lowest BCUT2D eigenvalue weighted by Gasteiger charge is -2.15. The van der Waals surface area contributed by atoms with Gasteiger partial charge in [0.15, 0.2) is 6.10 Å². The minimum atomic E-state index is -0.759. The maximum absolute atomic E-state index is 12.1. The molecule has 0 rings (SSSR count). The van der Waals surface area contributed by atoms with Gasteiger partial charge in [-0.2, -0.15) is 0 Å². The topological polar surface area (TPSA) is 72.8 Å². The van der Waals surface area contributed by atoms with Crippen LogP contribution in [0.2, 0.25) is 0 Å². The molecule has 0 saturated carbocycles. The molecule has 0 amide bonds. The van der Waals surface area contributed by atoms with Crippen LogP contribution in [0.15, 0.2) is 0 Å². The average Bonchev–Trinajstić information content (AvgIpc) is 2.92. The number of hydrogen-bond acceptors (Lipinski definition) is 5. The van der Waals surface area contributed by atoms with Gasteiger partial charge >= 0.3 is 11.9 Å². The zero-order chi connectivity index (χ0) is 27.9. The molecule has 0 spiro atoms. The van der Waals surface area contributed by atoms with Crippen molar-refractivity contribution in [2.45, 2.75) is 187 Å². The van der Waals surface area contributed by atoms with Crippen molar-refractivity contribution in [1.82, 2.24) is 0 Å². The predicted octanol–water partition coefficient (Wildman–Crippen LogP) is 9.62. The van der Waals surface area contributed by atoms with Crippen LogP contribution in [0.25, 0.3) is 0 Å². The number of unbranched alkanes of at least 4 members (excludes halogenated alkanes) is 22. The zero-order valence-electron chi connectivity index (χ0n) is 25.5. The van der Waals surface area contributed by atoms with Crippen molar-refractivity contribution in [1.29, 1.82) is 0 Å². The molecule has 0 fully saturated rings. The third-order valence-corrected chi connectivity index (χ3v) is 7.40. The van der Waals surface area contributed by atoms with Crippen LogP contribution in [-0.4, -0.2) is 36.4 Å². The highest BCUT2D eigenvalue weighted by Crippen LogP contribution is 2.14. The Hall–Kier alpha value is -1.10. The van der Waals surface area contributed by atoms with Gasteiger partial charge in [0.1, 0.15) is 6.61 Å². The summed E-state index contributed by atoms with van der Waals surface area (Å²) < 4.78 is 10.5. The van der Waals surface area contributed by atoms with Crippen molar-refractivity contribution in [3.8, 4) is 0 Å². The Kier molecular flexibility index (Phi) is 29.6. The summed E-state index contributed by atoms with van der Waals surface area (Å²) >= 11 is 0. The summed E-state index contributed by atoms with van der Waals surface area (Å²) in [6, 6.07) is 0. The molecule has 0 aromatic rings. The molecule has 5 nitrogen and oxygen atoms in total. The number of aliphatic hydroxyl groups is 1. The lowest BCUT2D eigenvalue weighted by molar-refractivity contribution is -0.161. The van der Waals surface area contributed by atoms with Gasteiger partial charge in [-0.25, -0.2) is 0 Å². The molecule has 0 radical (unpaired) electrons. The van der Waals surface area contributed by atoms with E-state index in [0.717, 1.165) is 38.5 Å². The van der Waals surface area contributed by atoms with Crippen LogP contribution in [0.1, 0.15) is 181 Å². The smallest absolute Gasteiger partial charge is 0.306 e. The first-order valence-electron chi connectivity index (χ1n) is 16.6. The second-order valence-electron chi connectivity index (χ2n) is 11.3. The Balaban J connectivity index is 3.54. The van der Waals surface area contributed by atoms with Crippen molar-refractivity contribution < 1.29 is 24.2 Å². The first-order chi connectivity index (χ1) is 18.6. The minimum absolute atomic E-state index is 0.0578. The van der Waals surface area contributed by atoms with E-state index in [-0.39, 0.29) is 25.2 Å². The van der Waals surface area contributed by atoms with E-state index in [1.165, 1.54) is 116 Å². The lowest BCUT2D eigenvalue weighted by atomic mass is 10.0. The number of carbonyl (C=O) groups is 2. The highest BCUT2D eigenvalue weighted by atomic mass is 16.6. The van der Waals surface area contributed by atoms with Gasteiger partial charge < -0.3 is 14.6 Å². The number of esters is 2. The molecule has 38 heavy (non-hydrogen) atoms. The Bertz CT molecular complexity index is 508. The van der Waals surface area contributed by atoms with Crippen LogP contribution in [0.3, 0.4) is 0 Å². The summed E-state index contributed by atoms with van der Waals surface area (Å²) in [5, 5.41) is 9.48. The molecular weight excluding hydrogens is 476 g/mol. The van der Waals surface area contributed by atoms with E-state index in [4.69, 9.17) is 9.47 Å². The maximum atomic E-state index is 12.1. The second kappa shape index (κ2) is 30.4. The number of rotatable bonds is 30. The molecule has 1 N–H and O–H groups in total. The summed E-state index contributed by atoms with van der Waals surface area (Å²) in [5.41, 5.74) is 0. The van der Waals surface area contributed by atoms with Crippen molar-refractivity contribution in [2.24, 2.45) is 0 Å². The summed E-state index contributed by atoms with van der Waals surface area (Å²) in [4.78, 5) is 24.0. The fraction of sp³-hybridized carbons (Fsp3) is 0.939. The molecule has 0 aromatic heterocycles. The van der Waals surface area contributed by atoms with Gasteiger partial charge in [0.05, 0.1) is 6.61 Å². The van der Waals surface area contributed by atoms with Crippen LogP contribution in [-0.2, 0) is 19.1 Å². The summed E-state index contributed by atoms with van der Waals surface area (Å²) in [5.74, 6) is -0.583. The van der Waals surface area contributed by atoms with Crippen LogP contribution < -0.4 is 0 Å². The molecule has 226 valence electrons. The van der Waals surface area contributed by atoms with Gasteiger partial charge in [-0.15, -0.1) is 0 Å². The monoisotopic (exact) mass is 540 g/mol. The molecule has 0 aliphatic carbocycles. The van der Waals surface area contributed by atoms with Crippen LogP contribution >= 0.6 is 0 Å². The molecule has 0 heterocycles. The van der Waals surface area contributed by atoms with Gasteiger partial charge in [0.2, 0.25) is 0 Å². The molecule has 0 bridgehead atoms. The van der Waals surface area contributed by atoms with Gasteiger partial charge in [0.25, 0.3) is 0 Å². The molecular formula is C33H64O5. The van der Waals surface area contributed by atoms with Crippen LogP contribution in [0.4, 0.5) is 0 Å². The molecule has 0 aliphatic heterocycles. The predicted molar refractivity (Wildman–Crippen MR) is 159 cm³/mol. The second-order valence-corrected chi connectivity index (χ2v) is 11.3. The van der Waals surface area contributed by atoms with Crippen molar-refractivity contribution in [3.63, 3.8) is 0 Å². The van der Waals surface area contributed by atoms with E-state index < -0.39 is 6.10 Å². The van der Waals surface area contributed by atoms with E-state index in [2.05, 4.69) is 13.8 Å². The standard InChI is InChI=1S/C33H64O5/c1-3-5-7-9-11-13-15-16-18-20-22-24-26-28-33(36)38-31(29-34)30-37-32(35)27-25-23-21-19-17-14-12-10-8-6-4-2/h31,34H,3-30H2,1-2H3. The quantitative estimate of drug-likeness (QED) is 0.0725. The Morgan fingerprint density at radius 1 is 0.500 bits per heavy atom. The van der Waals surface area contributed by atoms with Gasteiger partial charge in [-0.05, 0) is 12.8 Å². The molecule has 1 atom stereocenters. The third-order valence-electron chi connectivity index (χ3n) is 7.40. The highest BCUT2D eigenvalue weighted by molar-refractivity contribution is 5.70. The fourth-order valence-electron chi connectivity index (χ4n) is 4.85. The lowest BCUT2D eigenvalue weighted by Crippen LogP contribution is -2.28. The van der Waals surface area contributed by atoms with Gasteiger partial charge in [-0.1, -0.05) is 155 Å². The van der Waals surface area contributed by atoms with Crippen LogP contribution in [0.5, 0.6) is 0 Å². The molecule has 0 aromatic carbocycles. The molecule has 0 aliphatic rings. The number of aliphatic hydroxyl groups excluding tert-OH is 1. The zero-order valence-corrected chi connectivity index (χ0v) is 25.5. The van der Waals surface area contributed by atoms with Crippen molar-refractivity contribution >= 4 is 11.9 Å². The van der Waals surface area contributed by atoms with E-state index in [1.54, 1.807) is 0 Å². The van der Waals surface area contributed by atoms with E-state index in [0.29, 0.717) is 12.8 Å². The van der Waals surface area contributed by atoms with Gasteiger partial charge in [0, 0.05) is 12.8 Å². The minimum Gasteiger partial charge on any atom is -0.462 e. The molecule has 1 unspecified atom stereocenters. The van der Waals surface area contributed by atoms with E-state index in [1.807, 2.05) is 0 Å². The van der Waals surface area contributed by atoms with Crippen molar-refractivity contribution in [3.05, 3.63) is 0 Å². The third kappa shape index (κ3) is 27.9. The number of hydrogen-bond donors (Lipinski definition) is 1. The molecule has 0 saturated heterocycles. The summed E-state index contributed by atoms with van der Waals surface area (Å²) in [6.45, 7) is 4.13. The highest BCUT2D eigenvalue weighted by Gasteiger charge is 2.16. The summed E-state index contributed by atoms with van der Waals surface area (Å²) in [7, 11) is 0. The van der Waals surface area contributed by atoms with Crippen molar-refractivity contribution in [2.75, 3.05) is 13.2 Å². The normalized spacial score (nSPS) is 12.0. The average molecular weight is 541 g/mol. The Morgan fingerprint density at radius 2 is 0.816 bits per heavy atom. The molecule has 5 heteroatoms. The fourth-order valence-corrected chi connectivity index (χ4v) is 4.85. The maximum Gasteiger partial charge on any atom is 0.306 e. The van der Waals surface area contributed by atoms with Crippen LogP contribution in [0, 0.1) is 0 Å². The first-order valence-corrected chi connectivity index (χ1v) is 16.6. The van der Waals surface area contributed by atoms with Gasteiger partial charge in [-0.3, -0.25) is 9.59 Å². The Labute approximate surface area is 236 Å². The number of carbonyl (C=O) groups excluding carboxylic acids is 2. The van der Waals surface area contributed by atoms with E-state index in [9.17, 15) is 14.7 Å². The number of ether oxygens (including phenoxy) is 2. The largest absolute Gasteiger partial charge is 0.462 e.